The molecule has 4 rings (SSSR count). The molecule has 0 saturated heterocycles. The van der Waals surface area contributed by atoms with E-state index >= 15 is 0 Å². The molecule has 25 heavy (non-hydrogen) atoms. The van der Waals surface area contributed by atoms with Gasteiger partial charge in [0.1, 0.15) is 0 Å². The number of hydrogen-bond acceptors (Lipinski definition) is 5. The Balaban J connectivity index is 1.52. The predicted octanol–water partition coefficient (Wildman–Crippen LogP) is 1.05. The number of aromatic nitrogens is 3. The minimum atomic E-state index is -0.950. The molecule has 124 valence electrons. The van der Waals surface area contributed by atoms with Gasteiger partial charge in [-0.1, -0.05) is 29.0 Å². The third-order valence-electron chi connectivity index (χ3n) is 4.09. The summed E-state index contributed by atoms with van der Waals surface area (Å²) in [6.07, 6.45) is 1.57. The van der Waals surface area contributed by atoms with E-state index in [9.17, 15) is 9.82 Å². The molecule has 0 bridgehead atoms. The Morgan fingerprint density at radius 2 is 2.08 bits per heavy atom. The highest BCUT2D eigenvalue weighted by Crippen LogP contribution is 2.15. The molecule has 0 radical (unpaired) electrons. The first kappa shape index (κ1) is 15.6. The van der Waals surface area contributed by atoms with Crippen molar-refractivity contribution in [2.45, 2.75) is 13.5 Å². The molecular formula is C17H15BN4O3. The lowest BCUT2D eigenvalue weighted by Gasteiger charge is -2.05. The third-order valence-corrected chi connectivity index (χ3v) is 4.09. The second kappa shape index (κ2) is 6.16. The van der Waals surface area contributed by atoms with Crippen molar-refractivity contribution in [2.24, 2.45) is 0 Å². The second-order valence-corrected chi connectivity index (χ2v) is 5.91. The highest BCUT2D eigenvalue weighted by atomic mass is 16.5. The number of nitrogens with one attached hydrogen (secondary N) is 1. The largest absolute Gasteiger partial charge is 0.491 e. The lowest BCUT2D eigenvalue weighted by atomic mass is 9.79. The van der Waals surface area contributed by atoms with E-state index in [1.807, 2.05) is 37.3 Å². The van der Waals surface area contributed by atoms with Gasteiger partial charge in [-0.15, -0.1) is 5.10 Å². The van der Waals surface area contributed by atoms with Crippen molar-refractivity contribution in [3.63, 3.8) is 0 Å². The Hall–Kier alpha value is -2.97. The average molecular weight is 334 g/mol. The van der Waals surface area contributed by atoms with Gasteiger partial charge in [0, 0.05) is 5.69 Å². The van der Waals surface area contributed by atoms with Crippen LogP contribution in [0.5, 0.6) is 0 Å². The average Bonchev–Trinajstić information content (AvgIpc) is 3.24. The molecule has 0 aliphatic carbocycles. The van der Waals surface area contributed by atoms with Gasteiger partial charge in [0.15, 0.2) is 5.69 Å². The van der Waals surface area contributed by atoms with Gasteiger partial charge >= 0.3 is 7.12 Å². The van der Waals surface area contributed by atoms with Crippen LogP contribution in [-0.4, -0.2) is 33.0 Å². The van der Waals surface area contributed by atoms with E-state index in [1.165, 1.54) is 0 Å². The fraction of sp³-hybridized carbons (Fsp3) is 0.118. The van der Waals surface area contributed by atoms with Crippen LogP contribution in [0.25, 0.3) is 5.69 Å². The highest BCUT2D eigenvalue weighted by Gasteiger charge is 2.27. The number of hydrogen-bond donors (Lipinski definition) is 2. The van der Waals surface area contributed by atoms with Gasteiger partial charge in [0.05, 0.1) is 18.5 Å². The van der Waals surface area contributed by atoms with E-state index in [4.69, 9.17) is 4.65 Å². The molecule has 7 nitrogen and oxygen atoms in total. The van der Waals surface area contributed by atoms with Crippen molar-refractivity contribution < 1.29 is 14.5 Å². The summed E-state index contributed by atoms with van der Waals surface area (Å²) < 4.78 is 6.70. The summed E-state index contributed by atoms with van der Waals surface area (Å²) in [7, 11) is -0.950. The SMILES string of the molecule is Cc1ccc(-n2cc(C(=O)Nc3ccc4c(c3)B(O)OC4)nn2)cc1. The predicted molar refractivity (Wildman–Crippen MR) is 92.9 cm³/mol. The number of aryl methyl sites for hydroxylation is 1. The summed E-state index contributed by atoms with van der Waals surface area (Å²) in [5.74, 6) is -0.369. The second-order valence-electron chi connectivity index (χ2n) is 5.91. The van der Waals surface area contributed by atoms with Crippen LogP contribution in [0.15, 0.2) is 48.7 Å². The van der Waals surface area contributed by atoms with Crippen LogP contribution in [0, 0.1) is 6.92 Å². The molecule has 1 amide bonds. The van der Waals surface area contributed by atoms with Crippen LogP contribution in [0.4, 0.5) is 5.69 Å². The Bertz CT molecular complexity index is 939. The van der Waals surface area contributed by atoms with E-state index in [2.05, 4.69) is 15.6 Å². The van der Waals surface area contributed by atoms with Gasteiger partial charge < -0.3 is 15.0 Å². The minimum Gasteiger partial charge on any atom is -0.423 e. The minimum absolute atomic E-state index is 0.206. The zero-order chi connectivity index (χ0) is 17.4. The summed E-state index contributed by atoms with van der Waals surface area (Å²) >= 11 is 0. The molecule has 0 spiro atoms. The van der Waals surface area contributed by atoms with E-state index in [1.54, 1.807) is 23.0 Å². The van der Waals surface area contributed by atoms with Crippen molar-refractivity contribution in [3.8, 4) is 5.69 Å². The fourth-order valence-electron chi connectivity index (χ4n) is 2.68. The summed E-state index contributed by atoms with van der Waals surface area (Å²) in [6.45, 7) is 2.37. The molecule has 2 aromatic carbocycles. The first-order valence-electron chi connectivity index (χ1n) is 7.83. The van der Waals surface area contributed by atoms with Crippen molar-refractivity contribution in [1.29, 1.82) is 0 Å². The number of fused-ring (bicyclic) bond motifs is 1. The Morgan fingerprint density at radius 1 is 1.28 bits per heavy atom. The van der Waals surface area contributed by atoms with Gasteiger partial charge in [0.25, 0.3) is 5.91 Å². The summed E-state index contributed by atoms with van der Waals surface area (Å²) in [5, 5.41) is 20.4. The standard InChI is InChI=1S/C17H15BN4O3/c1-11-2-6-14(7-3-11)22-9-16(20-21-22)17(23)19-13-5-4-12-10-25-18(24)15(12)8-13/h2-9,24H,10H2,1H3,(H,19,23). The normalized spacial score (nSPS) is 13.0. The monoisotopic (exact) mass is 334 g/mol. The van der Waals surface area contributed by atoms with Gasteiger partial charge in [-0.05, 0) is 42.2 Å². The first-order chi connectivity index (χ1) is 12.1. The molecule has 0 unspecified atom stereocenters. The number of anilines is 1. The number of carbonyl (C=O) groups excluding carboxylic acids is 1. The van der Waals surface area contributed by atoms with Crippen molar-refractivity contribution >= 4 is 24.2 Å². The summed E-state index contributed by atoms with van der Waals surface area (Å²) in [4.78, 5) is 12.4. The van der Waals surface area contributed by atoms with Crippen LogP contribution < -0.4 is 10.8 Å². The van der Waals surface area contributed by atoms with E-state index in [-0.39, 0.29) is 11.6 Å². The Labute approximate surface area is 144 Å². The van der Waals surface area contributed by atoms with E-state index in [0.29, 0.717) is 17.8 Å². The molecule has 2 N–H and O–H groups in total. The maximum absolute atomic E-state index is 12.4. The zero-order valence-electron chi connectivity index (χ0n) is 13.5. The highest BCUT2D eigenvalue weighted by molar-refractivity contribution is 6.61. The maximum atomic E-state index is 12.4. The zero-order valence-corrected chi connectivity index (χ0v) is 13.5. The maximum Gasteiger partial charge on any atom is 0.491 e. The molecule has 1 aromatic heterocycles. The first-order valence-corrected chi connectivity index (χ1v) is 7.83. The third kappa shape index (κ3) is 3.04. The Morgan fingerprint density at radius 3 is 2.88 bits per heavy atom. The van der Waals surface area contributed by atoms with Crippen LogP contribution >= 0.6 is 0 Å². The van der Waals surface area contributed by atoms with Gasteiger partial charge in [-0.25, -0.2) is 4.68 Å². The lowest BCUT2D eigenvalue weighted by molar-refractivity contribution is 0.102. The number of amides is 1. The Kier molecular flexibility index (Phi) is 3.83. The number of nitrogens with zero attached hydrogens (tertiary/aromatic N) is 3. The molecule has 3 aromatic rings. The topological polar surface area (TPSA) is 89.3 Å². The van der Waals surface area contributed by atoms with Crippen LogP contribution in [0.3, 0.4) is 0 Å². The summed E-state index contributed by atoms with van der Waals surface area (Å²) in [6, 6.07) is 13.0. The quantitative estimate of drug-likeness (QED) is 0.699. The number of benzene rings is 2. The molecule has 1 aliphatic heterocycles. The molecule has 2 heterocycles. The number of carbonyl (C=O) groups is 1. The number of rotatable bonds is 3. The van der Waals surface area contributed by atoms with E-state index < -0.39 is 7.12 Å². The molecule has 1 aliphatic rings. The van der Waals surface area contributed by atoms with Crippen molar-refractivity contribution in [2.75, 3.05) is 5.32 Å². The van der Waals surface area contributed by atoms with Gasteiger partial charge in [-0.3, -0.25) is 4.79 Å². The smallest absolute Gasteiger partial charge is 0.423 e. The van der Waals surface area contributed by atoms with Crippen molar-refractivity contribution in [1.82, 2.24) is 15.0 Å². The lowest BCUT2D eigenvalue weighted by Crippen LogP contribution is -2.28. The molecular weight excluding hydrogens is 319 g/mol. The molecule has 0 atom stereocenters. The summed E-state index contributed by atoms with van der Waals surface area (Å²) in [5.41, 5.74) is 4.33. The fourth-order valence-corrected chi connectivity index (χ4v) is 2.68. The van der Waals surface area contributed by atoms with Crippen LogP contribution in [0.1, 0.15) is 21.6 Å². The van der Waals surface area contributed by atoms with Crippen LogP contribution in [-0.2, 0) is 11.3 Å². The van der Waals surface area contributed by atoms with Crippen LogP contribution in [0.2, 0.25) is 0 Å². The van der Waals surface area contributed by atoms with Gasteiger partial charge in [-0.2, -0.15) is 0 Å². The molecule has 8 heteroatoms. The molecule has 0 saturated carbocycles. The van der Waals surface area contributed by atoms with E-state index in [0.717, 1.165) is 16.8 Å². The van der Waals surface area contributed by atoms with Gasteiger partial charge in [0.2, 0.25) is 0 Å². The molecule has 0 fully saturated rings. The van der Waals surface area contributed by atoms with Crippen molar-refractivity contribution in [3.05, 3.63) is 65.5 Å².